The Morgan fingerprint density at radius 2 is 1.92 bits per heavy atom. The number of pyridine rings is 1. The molecule has 1 aromatic heterocycles. The van der Waals surface area contributed by atoms with Crippen LogP contribution in [0, 0.1) is 11.7 Å². The highest BCUT2D eigenvalue weighted by Crippen LogP contribution is 2.44. The molecule has 0 radical (unpaired) electrons. The second kappa shape index (κ2) is 7.01. The van der Waals surface area contributed by atoms with E-state index in [1.165, 1.54) is 31.5 Å². The van der Waals surface area contributed by atoms with Crippen molar-refractivity contribution in [1.82, 2.24) is 9.88 Å². The predicted octanol–water partition coefficient (Wildman–Crippen LogP) is 3.23. The van der Waals surface area contributed by atoms with Crippen molar-refractivity contribution in [3.05, 3.63) is 65.2 Å². The molecule has 1 atom stereocenters. The van der Waals surface area contributed by atoms with Gasteiger partial charge in [-0.3, -0.25) is 4.79 Å². The number of carbonyl (C=O) groups is 2. The summed E-state index contributed by atoms with van der Waals surface area (Å²) >= 11 is 0. The molecule has 1 aromatic carbocycles. The van der Waals surface area contributed by atoms with Gasteiger partial charge in [0.25, 0.3) is 5.91 Å². The van der Waals surface area contributed by atoms with Crippen molar-refractivity contribution in [2.45, 2.75) is 18.9 Å². The fourth-order valence-electron chi connectivity index (χ4n) is 2.99. The van der Waals surface area contributed by atoms with E-state index in [1.54, 1.807) is 30.1 Å². The summed E-state index contributed by atoms with van der Waals surface area (Å²) in [6.45, 7) is 0. The molecule has 0 bridgehead atoms. The molecule has 1 saturated carbocycles. The Balaban J connectivity index is 1.87. The van der Waals surface area contributed by atoms with E-state index in [-0.39, 0.29) is 23.5 Å². The predicted molar refractivity (Wildman–Crippen MR) is 89.5 cm³/mol. The van der Waals surface area contributed by atoms with Gasteiger partial charge in [-0.05, 0) is 48.6 Å². The second-order valence-corrected chi connectivity index (χ2v) is 6.17. The Kier molecular flexibility index (Phi) is 4.79. The Morgan fingerprint density at radius 1 is 1.24 bits per heavy atom. The number of ether oxygens (including phenoxy) is 1. The Morgan fingerprint density at radius 3 is 2.52 bits per heavy atom. The van der Waals surface area contributed by atoms with Gasteiger partial charge >= 0.3 is 5.97 Å². The van der Waals surface area contributed by atoms with Crippen LogP contribution in [-0.4, -0.2) is 35.9 Å². The number of nitrogens with zero attached hydrogens (tertiary/aromatic N) is 2. The summed E-state index contributed by atoms with van der Waals surface area (Å²) in [4.78, 5) is 30.1. The molecule has 0 unspecified atom stereocenters. The van der Waals surface area contributed by atoms with Gasteiger partial charge in [-0.25, -0.2) is 14.2 Å². The maximum atomic E-state index is 13.2. The van der Waals surface area contributed by atoms with Crippen LogP contribution in [-0.2, 0) is 4.74 Å². The lowest BCUT2D eigenvalue weighted by Gasteiger charge is -2.29. The van der Waals surface area contributed by atoms with Crippen LogP contribution >= 0.6 is 0 Å². The number of rotatable bonds is 5. The highest BCUT2D eigenvalue weighted by Gasteiger charge is 2.37. The fraction of sp³-hybridized carbons (Fsp3) is 0.316. The van der Waals surface area contributed by atoms with E-state index < -0.39 is 5.97 Å². The van der Waals surface area contributed by atoms with Crippen LogP contribution < -0.4 is 0 Å². The zero-order valence-electron chi connectivity index (χ0n) is 14.1. The summed E-state index contributed by atoms with van der Waals surface area (Å²) in [5, 5.41) is 0. The minimum Gasteiger partial charge on any atom is -0.464 e. The molecule has 1 heterocycles. The van der Waals surface area contributed by atoms with Crippen molar-refractivity contribution in [1.29, 1.82) is 0 Å². The Hall–Kier alpha value is -2.76. The smallest absolute Gasteiger partial charge is 0.356 e. The minimum absolute atomic E-state index is 0.0894. The first-order valence-corrected chi connectivity index (χ1v) is 8.08. The summed E-state index contributed by atoms with van der Waals surface area (Å²) in [6, 6.07) is 9.13. The number of halogens is 1. The van der Waals surface area contributed by atoms with E-state index in [4.69, 9.17) is 0 Å². The third kappa shape index (κ3) is 3.68. The van der Waals surface area contributed by atoms with E-state index in [9.17, 15) is 14.0 Å². The van der Waals surface area contributed by atoms with Crippen LogP contribution in [0.25, 0.3) is 0 Å². The van der Waals surface area contributed by atoms with Crippen molar-refractivity contribution in [2.24, 2.45) is 5.92 Å². The van der Waals surface area contributed by atoms with E-state index in [1.807, 2.05) is 0 Å². The van der Waals surface area contributed by atoms with Gasteiger partial charge in [-0.2, -0.15) is 0 Å². The largest absolute Gasteiger partial charge is 0.464 e. The molecule has 1 fully saturated rings. The van der Waals surface area contributed by atoms with E-state index in [0.29, 0.717) is 11.5 Å². The van der Waals surface area contributed by atoms with Gasteiger partial charge in [-0.15, -0.1) is 0 Å². The molecule has 6 heteroatoms. The van der Waals surface area contributed by atoms with Crippen LogP contribution in [0.2, 0.25) is 0 Å². The second-order valence-electron chi connectivity index (χ2n) is 6.17. The molecular weight excluding hydrogens is 323 g/mol. The Labute approximate surface area is 145 Å². The molecule has 0 aliphatic heterocycles. The highest BCUT2D eigenvalue weighted by molar-refractivity contribution is 5.97. The van der Waals surface area contributed by atoms with Crippen molar-refractivity contribution >= 4 is 11.9 Å². The van der Waals surface area contributed by atoms with Crippen LogP contribution in [0.1, 0.15) is 45.3 Å². The molecule has 2 aromatic rings. The van der Waals surface area contributed by atoms with Gasteiger partial charge in [-0.1, -0.05) is 12.1 Å². The van der Waals surface area contributed by atoms with Crippen molar-refractivity contribution in [2.75, 3.05) is 14.2 Å². The van der Waals surface area contributed by atoms with E-state index in [2.05, 4.69) is 9.72 Å². The van der Waals surface area contributed by atoms with Gasteiger partial charge < -0.3 is 9.64 Å². The van der Waals surface area contributed by atoms with Crippen molar-refractivity contribution in [3.63, 3.8) is 0 Å². The first-order chi connectivity index (χ1) is 12.0. The number of hydrogen-bond donors (Lipinski definition) is 0. The molecule has 0 spiro atoms. The lowest BCUT2D eigenvalue weighted by Crippen LogP contribution is -2.32. The molecular formula is C19H19FN2O3. The SMILES string of the molecule is COC(=O)c1cc(C(=O)N(C)[C@@H](c2ccc(F)cc2)C2CC2)ccn1. The van der Waals surface area contributed by atoms with Gasteiger partial charge in [0, 0.05) is 18.8 Å². The summed E-state index contributed by atoms with van der Waals surface area (Å²) in [7, 11) is 3.00. The van der Waals surface area contributed by atoms with Gasteiger partial charge in [0.05, 0.1) is 13.2 Å². The number of methoxy groups -OCH3 is 1. The quantitative estimate of drug-likeness (QED) is 0.783. The first kappa shape index (κ1) is 17.1. The third-order valence-corrected chi connectivity index (χ3v) is 4.42. The van der Waals surface area contributed by atoms with Crippen molar-refractivity contribution < 1.29 is 18.7 Å². The maximum Gasteiger partial charge on any atom is 0.356 e. The lowest BCUT2D eigenvalue weighted by molar-refractivity contribution is 0.0594. The number of esters is 1. The number of hydrogen-bond acceptors (Lipinski definition) is 4. The van der Waals surface area contributed by atoms with Crippen LogP contribution in [0.4, 0.5) is 4.39 Å². The summed E-state index contributed by atoms with van der Waals surface area (Å²) in [5.41, 5.74) is 1.36. The molecule has 25 heavy (non-hydrogen) atoms. The van der Waals surface area contributed by atoms with Crippen LogP contribution in [0.5, 0.6) is 0 Å². The maximum absolute atomic E-state index is 13.2. The topological polar surface area (TPSA) is 59.5 Å². The summed E-state index contributed by atoms with van der Waals surface area (Å²) < 4.78 is 17.9. The molecule has 1 aliphatic carbocycles. The zero-order chi connectivity index (χ0) is 18.0. The molecule has 0 N–H and O–H groups in total. The first-order valence-electron chi connectivity index (χ1n) is 8.08. The monoisotopic (exact) mass is 342 g/mol. The molecule has 0 saturated heterocycles. The number of carbonyl (C=O) groups excluding carboxylic acids is 2. The number of amides is 1. The lowest BCUT2D eigenvalue weighted by atomic mass is 10.00. The van der Waals surface area contributed by atoms with Gasteiger partial charge in [0.2, 0.25) is 0 Å². The van der Waals surface area contributed by atoms with E-state index >= 15 is 0 Å². The zero-order valence-corrected chi connectivity index (χ0v) is 14.1. The molecule has 5 nitrogen and oxygen atoms in total. The number of aromatic nitrogens is 1. The third-order valence-electron chi connectivity index (χ3n) is 4.42. The number of benzene rings is 1. The fourth-order valence-corrected chi connectivity index (χ4v) is 2.99. The Bertz CT molecular complexity index is 788. The molecule has 130 valence electrons. The standard InChI is InChI=1S/C19H19FN2O3/c1-22(17(12-3-4-12)13-5-7-15(20)8-6-13)18(23)14-9-10-21-16(11-14)19(24)25-2/h5-12,17H,3-4H2,1-2H3/t17-/m1/s1. The average Bonchev–Trinajstić information content (AvgIpc) is 3.47. The average molecular weight is 342 g/mol. The summed E-state index contributed by atoms with van der Waals surface area (Å²) in [5.74, 6) is -0.742. The highest BCUT2D eigenvalue weighted by atomic mass is 19.1. The van der Waals surface area contributed by atoms with E-state index in [0.717, 1.165) is 18.4 Å². The van der Waals surface area contributed by atoms with Gasteiger partial charge in [0.15, 0.2) is 0 Å². The van der Waals surface area contributed by atoms with Gasteiger partial charge in [0.1, 0.15) is 11.5 Å². The molecule has 1 aliphatic rings. The minimum atomic E-state index is -0.588. The van der Waals surface area contributed by atoms with Crippen LogP contribution in [0.15, 0.2) is 42.6 Å². The normalized spacial score (nSPS) is 14.7. The molecule has 1 amide bonds. The van der Waals surface area contributed by atoms with Crippen LogP contribution in [0.3, 0.4) is 0 Å². The van der Waals surface area contributed by atoms with Crippen molar-refractivity contribution in [3.8, 4) is 0 Å². The summed E-state index contributed by atoms with van der Waals surface area (Å²) in [6.07, 6.45) is 3.48. The molecule has 3 rings (SSSR count).